The summed E-state index contributed by atoms with van der Waals surface area (Å²) < 4.78 is 44.3. The minimum atomic E-state index is -4.90. The molecule has 0 aliphatic rings. The first-order chi connectivity index (χ1) is 7.37. The van der Waals surface area contributed by atoms with Crippen LogP contribution in [0.25, 0.3) is 0 Å². The van der Waals surface area contributed by atoms with E-state index in [1.165, 1.54) is 20.1 Å². The number of halogens is 3. The first-order valence-corrected chi connectivity index (χ1v) is 4.14. The highest BCUT2D eigenvalue weighted by molar-refractivity contribution is 5.80. The number of methoxy groups -OCH3 is 1. The number of alkyl halides is 3. The second-order valence-corrected chi connectivity index (χ2v) is 2.87. The summed E-state index contributed by atoms with van der Waals surface area (Å²) in [5, 5.41) is 0. The second kappa shape index (κ2) is 4.38. The topological polar surface area (TPSA) is 48.4 Å². The van der Waals surface area contributed by atoms with E-state index in [-0.39, 0.29) is 17.7 Å². The van der Waals surface area contributed by atoms with E-state index in [0.29, 0.717) is 5.56 Å². The third kappa shape index (κ3) is 2.85. The van der Waals surface area contributed by atoms with E-state index in [1.54, 1.807) is 0 Å². The molecule has 0 fully saturated rings. The van der Waals surface area contributed by atoms with Crippen LogP contribution in [0.15, 0.2) is 6.07 Å². The number of ether oxygens (including phenoxy) is 2. The van der Waals surface area contributed by atoms with Gasteiger partial charge in [-0.15, -0.1) is 13.2 Å². The van der Waals surface area contributed by atoms with Crippen LogP contribution in [-0.4, -0.2) is 24.7 Å². The number of nitrogens with zero attached hydrogens (tertiary/aromatic N) is 1. The molecule has 0 aromatic carbocycles. The van der Waals surface area contributed by atoms with Crippen LogP contribution in [0.4, 0.5) is 13.2 Å². The van der Waals surface area contributed by atoms with Crippen molar-refractivity contribution < 1.29 is 27.4 Å². The van der Waals surface area contributed by atoms with Gasteiger partial charge in [-0.3, -0.25) is 4.79 Å². The first-order valence-electron chi connectivity index (χ1n) is 4.14. The Hall–Kier alpha value is -1.79. The Morgan fingerprint density at radius 3 is 2.50 bits per heavy atom. The molecule has 1 heterocycles. The average molecular weight is 235 g/mol. The molecule has 0 amide bonds. The van der Waals surface area contributed by atoms with Gasteiger partial charge in [0, 0.05) is 6.07 Å². The van der Waals surface area contributed by atoms with Gasteiger partial charge in [0.05, 0.1) is 12.7 Å². The van der Waals surface area contributed by atoms with Crippen molar-refractivity contribution in [3.05, 3.63) is 17.2 Å². The Kier molecular flexibility index (Phi) is 3.36. The van der Waals surface area contributed by atoms with E-state index in [0.717, 1.165) is 0 Å². The van der Waals surface area contributed by atoms with Gasteiger partial charge < -0.3 is 9.47 Å². The maximum Gasteiger partial charge on any atom is 0.574 e. The molecule has 0 spiro atoms. The van der Waals surface area contributed by atoms with E-state index in [9.17, 15) is 18.0 Å². The molecule has 0 atom stereocenters. The summed E-state index contributed by atoms with van der Waals surface area (Å²) >= 11 is 0. The maximum absolute atomic E-state index is 12.0. The van der Waals surface area contributed by atoms with Crippen molar-refractivity contribution in [2.45, 2.75) is 13.3 Å². The van der Waals surface area contributed by atoms with Crippen LogP contribution < -0.4 is 9.47 Å². The number of rotatable bonds is 3. The molecule has 7 heteroatoms. The van der Waals surface area contributed by atoms with Crippen LogP contribution in [0.2, 0.25) is 0 Å². The van der Waals surface area contributed by atoms with Gasteiger partial charge in [-0.1, -0.05) is 0 Å². The first kappa shape index (κ1) is 12.3. The second-order valence-electron chi connectivity index (χ2n) is 2.87. The zero-order valence-corrected chi connectivity index (χ0v) is 8.46. The normalized spacial score (nSPS) is 11.1. The predicted octanol–water partition coefficient (Wildman–Crippen LogP) is 2.11. The predicted molar refractivity (Wildman–Crippen MR) is 47.6 cm³/mol. The van der Waals surface area contributed by atoms with Crippen LogP contribution in [0.3, 0.4) is 0 Å². The number of aryl methyl sites for hydroxylation is 1. The molecule has 1 aromatic rings. The molecular weight excluding hydrogens is 227 g/mol. The van der Waals surface area contributed by atoms with Gasteiger partial charge in [-0.2, -0.15) is 4.98 Å². The summed E-state index contributed by atoms with van der Waals surface area (Å²) in [4.78, 5) is 14.0. The monoisotopic (exact) mass is 235 g/mol. The van der Waals surface area contributed by atoms with Crippen molar-refractivity contribution >= 4 is 6.29 Å². The summed E-state index contributed by atoms with van der Waals surface area (Å²) in [7, 11) is 1.25. The molecule has 1 rings (SSSR count). The van der Waals surface area contributed by atoms with E-state index in [1.807, 2.05) is 0 Å². The molecule has 0 saturated heterocycles. The van der Waals surface area contributed by atoms with Crippen molar-refractivity contribution in [1.29, 1.82) is 0 Å². The fourth-order valence-electron chi connectivity index (χ4n) is 1.06. The number of carbonyl (C=O) groups excluding carboxylic acids is 1. The largest absolute Gasteiger partial charge is 0.574 e. The summed E-state index contributed by atoms with van der Waals surface area (Å²) in [5.41, 5.74) is 0.0409. The van der Waals surface area contributed by atoms with Gasteiger partial charge in [-0.25, -0.2) is 0 Å². The van der Waals surface area contributed by atoms with Gasteiger partial charge in [0.25, 0.3) is 0 Å². The van der Waals surface area contributed by atoms with Crippen molar-refractivity contribution in [3.8, 4) is 11.8 Å². The van der Waals surface area contributed by atoms with Crippen molar-refractivity contribution in [2.75, 3.05) is 7.11 Å². The Bertz CT molecular complexity index is 404. The highest BCUT2D eigenvalue weighted by Gasteiger charge is 2.33. The molecule has 0 radical (unpaired) electrons. The van der Waals surface area contributed by atoms with Crippen molar-refractivity contribution in [3.63, 3.8) is 0 Å². The van der Waals surface area contributed by atoms with Gasteiger partial charge in [-0.05, 0) is 12.5 Å². The molecule has 0 N–H and O–H groups in total. The molecule has 0 aliphatic carbocycles. The maximum atomic E-state index is 12.0. The summed E-state index contributed by atoms with van der Waals surface area (Å²) in [5.74, 6) is -0.860. The average Bonchev–Trinajstić information content (AvgIpc) is 2.14. The molecule has 4 nitrogen and oxygen atoms in total. The minimum Gasteiger partial charge on any atom is -0.481 e. The lowest BCUT2D eigenvalue weighted by molar-refractivity contribution is -0.276. The molecule has 0 aliphatic heterocycles. The standard InChI is InChI=1S/C9H8F3NO3/c1-5-3-7(15-2)13-8(6(5)4-14)16-9(10,11)12/h3-4H,1-2H3. The fraction of sp³-hybridized carbons (Fsp3) is 0.333. The molecule has 0 saturated carbocycles. The lowest BCUT2D eigenvalue weighted by Crippen LogP contribution is -2.19. The number of aromatic nitrogens is 1. The Morgan fingerprint density at radius 1 is 1.44 bits per heavy atom. The number of hydrogen-bond donors (Lipinski definition) is 0. The van der Waals surface area contributed by atoms with Crippen LogP contribution in [-0.2, 0) is 0 Å². The lowest BCUT2D eigenvalue weighted by atomic mass is 10.2. The third-order valence-corrected chi connectivity index (χ3v) is 1.75. The van der Waals surface area contributed by atoms with Crippen molar-refractivity contribution in [2.24, 2.45) is 0 Å². The lowest BCUT2D eigenvalue weighted by Gasteiger charge is -2.12. The van der Waals surface area contributed by atoms with Crippen molar-refractivity contribution in [1.82, 2.24) is 4.98 Å². The number of carbonyl (C=O) groups is 1. The quantitative estimate of drug-likeness (QED) is 0.753. The summed E-state index contributed by atoms with van der Waals surface area (Å²) in [6.07, 6.45) is -4.65. The summed E-state index contributed by atoms with van der Waals surface area (Å²) in [6, 6.07) is 1.34. The minimum absolute atomic E-state index is 0.0534. The number of hydrogen-bond acceptors (Lipinski definition) is 4. The highest BCUT2D eigenvalue weighted by atomic mass is 19.4. The Morgan fingerprint density at radius 2 is 2.06 bits per heavy atom. The van der Waals surface area contributed by atoms with E-state index in [4.69, 9.17) is 0 Å². The zero-order chi connectivity index (χ0) is 12.3. The van der Waals surface area contributed by atoms with Crippen LogP contribution in [0.5, 0.6) is 11.8 Å². The molecule has 16 heavy (non-hydrogen) atoms. The van der Waals surface area contributed by atoms with E-state index < -0.39 is 12.2 Å². The van der Waals surface area contributed by atoms with E-state index in [2.05, 4.69) is 14.5 Å². The fourth-order valence-corrected chi connectivity index (χ4v) is 1.06. The highest BCUT2D eigenvalue weighted by Crippen LogP contribution is 2.28. The van der Waals surface area contributed by atoms with Gasteiger partial charge in [0.1, 0.15) is 0 Å². The Labute approximate surface area is 89.0 Å². The van der Waals surface area contributed by atoms with Gasteiger partial charge >= 0.3 is 6.36 Å². The molecule has 88 valence electrons. The molecular formula is C9H8F3NO3. The molecule has 0 unspecified atom stereocenters. The smallest absolute Gasteiger partial charge is 0.481 e. The number of pyridine rings is 1. The third-order valence-electron chi connectivity index (χ3n) is 1.75. The van der Waals surface area contributed by atoms with Crippen LogP contribution in [0, 0.1) is 6.92 Å². The van der Waals surface area contributed by atoms with Gasteiger partial charge in [0.2, 0.25) is 11.8 Å². The number of aldehydes is 1. The van der Waals surface area contributed by atoms with E-state index >= 15 is 0 Å². The SMILES string of the molecule is COc1cc(C)c(C=O)c(OC(F)(F)F)n1. The Balaban J connectivity index is 3.23. The zero-order valence-electron chi connectivity index (χ0n) is 8.46. The molecule has 1 aromatic heterocycles. The van der Waals surface area contributed by atoms with Crippen LogP contribution in [0.1, 0.15) is 15.9 Å². The van der Waals surface area contributed by atoms with Crippen LogP contribution >= 0.6 is 0 Å². The summed E-state index contributed by atoms with van der Waals surface area (Å²) in [6.45, 7) is 1.46. The van der Waals surface area contributed by atoms with Gasteiger partial charge in [0.15, 0.2) is 6.29 Å². The molecule has 0 bridgehead atoms.